The minimum atomic E-state index is 0.0302. The van der Waals surface area contributed by atoms with E-state index in [9.17, 15) is 4.79 Å². The molecule has 1 heterocycles. The van der Waals surface area contributed by atoms with Gasteiger partial charge in [-0.05, 0) is 68.3 Å². The molecule has 1 aliphatic heterocycles. The maximum absolute atomic E-state index is 13.3. The van der Waals surface area contributed by atoms with Crippen molar-refractivity contribution in [1.82, 2.24) is 4.90 Å². The number of piperazine rings is 1. The van der Waals surface area contributed by atoms with Crippen LogP contribution in [0.25, 0.3) is 0 Å². The topological polar surface area (TPSA) is 42.0 Å². The van der Waals surface area contributed by atoms with E-state index < -0.39 is 0 Å². The number of amides is 1. The highest BCUT2D eigenvalue weighted by molar-refractivity contribution is 6.30. The van der Waals surface area contributed by atoms with Crippen molar-refractivity contribution in [2.75, 3.05) is 37.7 Å². The molecule has 0 bridgehead atoms. The minimum absolute atomic E-state index is 0.0302. The second kappa shape index (κ2) is 10.8. The molecule has 0 unspecified atom stereocenters. The minimum Gasteiger partial charge on any atom is -0.493 e. The van der Waals surface area contributed by atoms with Gasteiger partial charge < -0.3 is 19.3 Å². The van der Waals surface area contributed by atoms with Gasteiger partial charge in [0.2, 0.25) is 0 Å². The molecule has 6 heteroatoms. The summed E-state index contributed by atoms with van der Waals surface area (Å²) in [6.07, 6.45) is 0. The largest absolute Gasteiger partial charge is 0.493 e. The van der Waals surface area contributed by atoms with E-state index in [4.69, 9.17) is 21.1 Å². The zero-order valence-corrected chi connectivity index (χ0v) is 20.8. The van der Waals surface area contributed by atoms with E-state index in [2.05, 4.69) is 11.8 Å². The summed E-state index contributed by atoms with van der Waals surface area (Å²) in [7, 11) is 0. The Labute approximate surface area is 206 Å². The van der Waals surface area contributed by atoms with Crippen molar-refractivity contribution < 1.29 is 14.3 Å². The summed E-state index contributed by atoms with van der Waals surface area (Å²) in [5.74, 6) is 1.60. The molecule has 0 atom stereocenters. The number of aryl methyl sites for hydroxylation is 2. The Morgan fingerprint density at radius 2 is 1.65 bits per heavy atom. The number of nitrogens with zero attached hydrogens (tertiary/aromatic N) is 2. The number of ether oxygens (including phenoxy) is 2. The van der Waals surface area contributed by atoms with Gasteiger partial charge in [0.05, 0.1) is 6.61 Å². The predicted molar refractivity (Wildman–Crippen MR) is 137 cm³/mol. The molecular weight excluding hydrogens is 448 g/mol. The number of hydrogen-bond acceptors (Lipinski definition) is 4. The van der Waals surface area contributed by atoms with Gasteiger partial charge in [0.1, 0.15) is 18.1 Å². The average molecular weight is 479 g/mol. The summed E-state index contributed by atoms with van der Waals surface area (Å²) in [4.78, 5) is 17.5. The number of halogens is 1. The van der Waals surface area contributed by atoms with Gasteiger partial charge in [-0.1, -0.05) is 35.9 Å². The van der Waals surface area contributed by atoms with E-state index in [1.54, 1.807) is 0 Å². The summed E-state index contributed by atoms with van der Waals surface area (Å²) in [5.41, 5.74) is 4.91. The Morgan fingerprint density at radius 3 is 2.38 bits per heavy atom. The van der Waals surface area contributed by atoms with E-state index in [0.717, 1.165) is 46.4 Å². The van der Waals surface area contributed by atoms with Crippen LogP contribution < -0.4 is 14.4 Å². The van der Waals surface area contributed by atoms with Crippen LogP contribution in [-0.4, -0.2) is 43.6 Å². The van der Waals surface area contributed by atoms with Gasteiger partial charge in [-0.25, -0.2) is 0 Å². The number of anilines is 1. The number of para-hydroxylation sites is 1. The van der Waals surface area contributed by atoms with Crippen LogP contribution >= 0.6 is 11.6 Å². The summed E-state index contributed by atoms with van der Waals surface area (Å²) >= 11 is 6.21. The Balaban J connectivity index is 1.46. The molecule has 0 saturated carbocycles. The van der Waals surface area contributed by atoms with Crippen molar-refractivity contribution >= 4 is 23.2 Å². The van der Waals surface area contributed by atoms with Crippen LogP contribution in [0.1, 0.15) is 34.0 Å². The monoisotopic (exact) mass is 478 g/mol. The average Bonchev–Trinajstić information content (AvgIpc) is 2.85. The molecule has 0 radical (unpaired) electrons. The normalized spacial score (nSPS) is 13.6. The highest BCUT2D eigenvalue weighted by atomic mass is 35.5. The van der Waals surface area contributed by atoms with Crippen molar-refractivity contribution in [2.24, 2.45) is 0 Å². The van der Waals surface area contributed by atoms with Crippen molar-refractivity contribution in [1.29, 1.82) is 0 Å². The molecule has 34 heavy (non-hydrogen) atoms. The van der Waals surface area contributed by atoms with Crippen LogP contribution in [0, 0.1) is 13.8 Å². The fourth-order valence-corrected chi connectivity index (χ4v) is 4.42. The van der Waals surface area contributed by atoms with E-state index in [0.29, 0.717) is 31.9 Å². The Hall–Kier alpha value is -3.18. The predicted octanol–water partition coefficient (Wildman–Crippen LogP) is 5.90. The lowest BCUT2D eigenvalue weighted by Crippen LogP contribution is -2.49. The van der Waals surface area contributed by atoms with E-state index in [1.165, 1.54) is 5.56 Å². The molecule has 1 amide bonds. The van der Waals surface area contributed by atoms with E-state index in [1.807, 2.05) is 79.4 Å². The molecule has 0 spiro atoms. The van der Waals surface area contributed by atoms with Gasteiger partial charge in [-0.15, -0.1) is 0 Å². The lowest BCUT2D eigenvalue weighted by molar-refractivity contribution is 0.0746. The van der Waals surface area contributed by atoms with Gasteiger partial charge >= 0.3 is 0 Å². The lowest BCUT2D eigenvalue weighted by atomic mass is 10.1. The molecule has 1 aliphatic rings. The number of rotatable bonds is 7. The van der Waals surface area contributed by atoms with Crippen molar-refractivity contribution in [3.05, 3.63) is 87.9 Å². The second-order valence-electron chi connectivity index (χ2n) is 8.52. The first-order chi connectivity index (χ1) is 16.5. The highest BCUT2D eigenvalue weighted by Crippen LogP contribution is 2.27. The summed E-state index contributed by atoms with van der Waals surface area (Å²) < 4.78 is 11.8. The smallest absolute Gasteiger partial charge is 0.253 e. The third kappa shape index (κ3) is 5.48. The van der Waals surface area contributed by atoms with E-state index >= 15 is 0 Å². The van der Waals surface area contributed by atoms with Crippen molar-refractivity contribution in [3.63, 3.8) is 0 Å². The first-order valence-electron chi connectivity index (χ1n) is 11.7. The molecule has 3 aromatic carbocycles. The zero-order valence-electron chi connectivity index (χ0n) is 20.0. The fraction of sp³-hybridized carbons (Fsp3) is 0.321. The SMILES string of the molecule is CCOc1ccc(C(=O)N2CCN(c3cc(Cl)ccc3C)CC2)cc1COc1ccccc1C. The Bertz CT molecular complexity index is 1160. The molecule has 5 nitrogen and oxygen atoms in total. The van der Waals surface area contributed by atoms with E-state index in [-0.39, 0.29) is 5.91 Å². The quantitative estimate of drug-likeness (QED) is 0.424. The van der Waals surface area contributed by atoms with Crippen LogP contribution in [0.5, 0.6) is 11.5 Å². The standard InChI is InChI=1S/C28H31ClN2O3/c1-4-33-27-12-10-22(17-23(27)19-34-26-8-6-5-7-21(26)3)28(32)31-15-13-30(14-16-31)25-18-24(29)11-9-20(25)2/h5-12,17-18H,4,13-16,19H2,1-3H3. The van der Waals surface area contributed by atoms with Gasteiger partial charge in [0.15, 0.2) is 0 Å². The molecule has 3 aromatic rings. The fourth-order valence-electron chi connectivity index (χ4n) is 4.25. The number of benzene rings is 3. The summed E-state index contributed by atoms with van der Waals surface area (Å²) in [6, 6.07) is 19.5. The molecule has 0 aliphatic carbocycles. The van der Waals surface area contributed by atoms with Crippen molar-refractivity contribution in [2.45, 2.75) is 27.4 Å². The molecule has 1 saturated heterocycles. The highest BCUT2D eigenvalue weighted by Gasteiger charge is 2.24. The molecule has 1 fully saturated rings. The summed E-state index contributed by atoms with van der Waals surface area (Å²) in [6.45, 7) is 9.80. The maximum Gasteiger partial charge on any atom is 0.253 e. The third-order valence-electron chi connectivity index (χ3n) is 6.16. The number of hydrogen-bond donors (Lipinski definition) is 0. The zero-order chi connectivity index (χ0) is 24.1. The maximum atomic E-state index is 13.3. The van der Waals surface area contributed by atoms with Crippen LogP contribution in [0.3, 0.4) is 0 Å². The second-order valence-corrected chi connectivity index (χ2v) is 8.96. The molecule has 178 valence electrons. The van der Waals surface area contributed by atoms with Crippen LogP contribution in [0.4, 0.5) is 5.69 Å². The molecule has 0 aromatic heterocycles. The van der Waals surface area contributed by atoms with Crippen LogP contribution in [0.2, 0.25) is 5.02 Å². The number of carbonyl (C=O) groups is 1. The van der Waals surface area contributed by atoms with Gasteiger partial charge in [-0.2, -0.15) is 0 Å². The van der Waals surface area contributed by atoms with Crippen LogP contribution in [-0.2, 0) is 6.61 Å². The van der Waals surface area contributed by atoms with Gasteiger partial charge in [0, 0.05) is 48.0 Å². The summed E-state index contributed by atoms with van der Waals surface area (Å²) in [5, 5.41) is 0.730. The van der Waals surface area contributed by atoms with Crippen LogP contribution in [0.15, 0.2) is 60.7 Å². The van der Waals surface area contributed by atoms with Crippen molar-refractivity contribution in [3.8, 4) is 11.5 Å². The first-order valence-corrected chi connectivity index (χ1v) is 12.1. The molecular formula is C28H31ClN2O3. The molecule has 0 N–H and O–H groups in total. The Morgan fingerprint density at radius 1 is 0.882 bits per heavy atom. The first kappa shape index (κ1) is 24.0. The Kier molecular flexibility index (Phi) is 7.63. The third-order valence-corrected chi connectivity index (χ3v) is 6.40. The lowest BCUT2D eigenvalue weighted by Gasteiger charge is -2.37. The van der Waals surface area contributed by atoms with Gasteiger partial charge in [0.25, 0.3) is 5.91 Å². The van der Waals surface area contributed by atoms with Gasteiger partial charge in [-0.3, -0.25) is 4.79 Å². The molecule has 4 rings (SSSR count). The number of carbonyl (C=O) groups excluding carboxylic acids is 1.